The summed E-state index contributed by atoms with van der Waals surface area (Å²) in [5, 5.41) is 0. The van der Waals surface area contributed by atoms with Crippen molar-refractivity contribution >= 4 is 21.6 Å². The molecule has 1 aliphatic rings. The first kappa shape index (κ1) is 14.6. The van der Waals surface area contributed by atoms with E-state index in [-0.39, 0.29) is 0 Å². The predicted molar refractivity (Wildman–Crippen MR) is 92.9 cm³/mol. The van der Waals surface area contributed by atoms with Crippen LogP contribution in [0.15, 0.2) is 53.0 Å². The second-order valence-electron chi connectivity index (χ2n) is 5.67. The molecule has 1 atom stereocenters. The van der Waals surface area contributed by atoms with Gasteiger partial charge in [0.2, 0.25) is 0 Å². The fourth-order valence-electron chi connectivity index (χ4n) is 3.11. The number of hydrogen-bond acceptors (Lipinski definition) is 2. The van der Waals surface area contributed by atoms with Crippen molar-refractivity contribution in [1.82, 2.24) is 0 Å². The molecule has 110 valence electrons. The van der Waals surface area contributed by atoms with Gasteiger partial charge in [0.1, 0.15) is 0 Å². The van der Waals surface area contributed by atoms with E-state index >= 15 is 0 Å². The standard InChI is InChI=1S/C18H21BrN2/c19-17-12-14(8-10-20)6-7-18(17)21-11-9-16(13-21)15-4-2-1-3-5-15/h1-7,12,16H,8-11,13,20H2. The lowest BCUT2D eigenvalue weighted by molar-refractivity contribution is 0.775. The zero-order valence-electron chi connectivity index (χ0n) is 12.1. The number of nitrogens with two attached hydrogens (primary N) is 1. The van der Waals surface area contributed by atoms with E-state index in [1.165, 1.54) is 27.7 Å². The zero-order chi connectivity index (χ0) is 14.7. The van der Waals surface area contributed by atoms with Gasteiger partial charge in [-0.05, 0) is 58.6 Å². The fourth-order valence-corrected chi connectivity index (χ4v) is 3.78. The van der Waals surface area contributed by atoms with Crippen molar-refractivity contribution in [2.24, 2.45) is 5.73 Å². The van der Waals surface area contributed by atoms with E-state index in [0.29, 0.717) is 12.5 Å². The molecule has 0 aliphatic carbocycles. The van der Waals surface area contributed by atoms with Gasteiger partial charge in [-0.1, -0.05) is 36.4 Å². The molecule has 1 aliphatic heterocycles. The van der Waals surface area contributed by atoms with E-state index in [2.05, 4.69) is 69.4 Å². The molecule has 1 unspecified atom stereocenters. The summed E-state index contributed by atoms with van der Waals surface area (Å²) in [5.74, 6) is 0.641. The normalized spacial score (nSPS) is 18.2. The van der Waals surface area contributed by atoms with Crippen molar-refractivity contribution in [3.8, 4) is 0 Å². The predicted octanol–water partition coefficient (Wildman–Crippen LogP) is 3.94. The highest BCUT2D eigenvalue weighted by Gasteiger charge is 2.24. The Kier molecular flexibility index (Phi) is 4.61. The van der Waals surface area contributed by atoms with Gasteiger partial charge < -0.3 is 10.6 Å². The summed E-state index contributed by atoms with van der Waals surface area (Å²) < 4.78 is 1.18. The van der Waals surface area contributed by atoms with Gasteiger partial charge in [0, 0.05) is 23.5 Å². The highest BCUT2D eigenvalue weighted by atomic mass is 79.9. The summed E-state index contributed by atoms with van der Waals surface area (Å²) in [5.41, 5.74) is 9.68. The highest BCUT2D eigenvalue weighted by Crippen LogP contribution is 2.35. The molecule has 0 saturated carbocycles. The maximum atomic E-state index is 5.63. The lowest BCUT2D eigenvalue weighted by Gasteiger charge is -2.21. The summed E-state index contributed by atoms with van der Waals surface area (Å²) >= 11 is 3.72. The summed E-state index contributed by atoms with van der Waals surface area (Å²) in [6, 6.07) is 17.5. The third kappa shape index (κ3) is 3.30. The third-order valence-electron chi connectivity index (χ3n) is 4.25. The number of anilines is 1. The number of nitrogens with zero attached hydrogens (tertiary/aromatic N) is 1. The second-order valence-corrected chi connectivity index (χ2v) is 6.52. The van der Waals surface area contributed by atoms with E-state index in [1.54, 1.807) is 0 Å². The average molecular weight is 345 g/mol. The molecule has 2 aromatic carbocycles. The molecule has 0 spiro atoms. The van der Waals surface area contributed by atoms with Crippen LogP contribution >= 0.6 is 15.9 Å². The molecule has 3 heteroatoms. The lowest BCUT2D eigenvalue weighted by Crippen LogP contribution is -2.19. The highest BCUT2D eigenvalue weighted by molar-refractivity contribution is 9.10. The molecule has 1 heterocycles. The van der Waals surface area contributed by atoms with Gasteiger partial charge in [0.15, 0.2) is 0 Å². The molecule has 21 heavy (non-hydrogen) atoms. The van der Waals surface area contributed by atoms with E-state index < -0.39 is 0 Å². The van der Waals surface area contributed by atoms with Crippen molar-refractivity contribution < 1.29 is 0 Å². The smallest absolute Gasteiger partial charge is 0.0511 e. The number of rotatable bonds is 4. The van der Waals surface area contributed by atoms with Crippen LogP contribution in [0.25, 0.3) is 0 Å². The fraction of sp³-hybridized carbons (Fsp3) is 0.333. The Morgan fingerprint density at radius 3 is 2.67 bits per heavy atom. The Morgan fingerprint density at radius 2 is 1.95 bits per heavy atom. The molecular formula is C18H21BrN2. The Labute approximate surface area is 135 Å². The molecule has 1 fully saturated rings. The van der Waals surface area contributed by atoms with Crippen LogP contribution in [0.3, 0.4) is 0 Å². The molecule has 0 amide bonds. The molecule has 2 nitrogen and oxygen atoms in total. The van der Waals surface area contributed by atoms with Gasteiger partial charge in [-0.2, -0.15) is 0 Å². The third-order valence-corrected chi connectivity index (χ3v) is 4.88. The number of hydrogen-bond donors (Lipinski definition) is 1. The Bertz CT molecular complexity index is 597. The monoisotopic (exact) mass is 344 g/mol. The van der Waals surface area contributed by atoms with Crippen LogP contribution in [0, 0.1) is 0 Å². The first-order valence-corrected chi connectivity index (χ1v) is 8.35. The maximum absolute atomic E-state index is 5.63. The minimum atomic E-state index is 0.641. The average Bonchev–Trinajstić information content (AvgIpc) is 2.98. The molecule has 0 aromatic heterocycles. The topological polar surface area (TPSA) is 29.3 Å². The largest absolute Gasteiger partial charge is 0.370 e. The molecule has 2 N–H and O–H groups in total. The molecule has 0 bridgehead atoms. The Morgan fingerprint density at radius 1 is 1.14 bits per heavy atom. The van der Waals surface area contributed by atoms with Crippen molar-refractivity contribution in [2.45, 2.75) is 18.8 Å². The van der Waals surface area contributed by atoms with Crippen molar-refractivity contribution in [1.29, 1.82) is 0 Å². The minimum Gasteiger partial charge on any atom is -0.370 e. The van der Waals surface area contributed by atoms with Crippen LogP contribution in [-0.4, -0.2) is 19.6 Å². The summed E-state index contributed by atoms with van der Waals surface area (Å²) in [6.45, 7) is 2.92. The van der Waals surface area contributed by atoms with Crippen LogP contribution in [0.2, 0.25) is 0 Å². The van der Waals surface area contributed by atoms with E-state index in [9.17, 15) is 0 Å². The van der Waals surface area contributed by atoms with Crippen LogP contribution in [-0.2, 0) is 6.42 Å². The van der Waals surface area contributed by atoms with Crippen molar-refractivity contribution in [3.05, 3.63) is 64.1 Å². The van der Waals surface area contributed by atoms with Crippen molar-refractivity contribution in [3.63, 3.8) is 0 Å². The van der Waals surface area contributed by atoms with Crippen LogP contribution in [0.5, 0.6) is 0 Å². The molecular weight excluding hydrogens is 324 g/mol. The minimum absolute atomic E-state index is 0.641. The van der Waals surface area contributed by atoms with Crippen LogP contribution < -0.4 is 10.6 Å². The van der Waals surface area contributed by atoms with Gasteiger partial charge in [-0.15, -0.1) is 0 Å². The molecule has 1 saturated heterocycles. The molecule has 0 radical (unpaired) electrons. The van der Waals surface area contributed by atoms with Gasteiger partial charge in [-0.25, -0.2) is 0 Å². The maximum Gasteiger partial charge on any atom is 0.0511 e. The number of halogens is 1. The Hall–Kier alpha value is -1.32. The van der Waals surface area contributed by atoms with E-state index in [0.717, 1.165) is 19.5 Å². The first-order chi connectivity index (χ1) is 10.3. The number of benzene rings is 2. The second kappa shape index (κ2) is 6.63. The van der Waals surface area contributed by atoms with E-state index in [1.807, 2.05) is 0 Å². The summed E-state index contributed by atoms with van der Waals surface area (Å²) in [4.78, 5) is 2.48. The lowest BCUT2D eigenvalue weighted by atomic mass is 9.99. The van der Waals surface area contributed by atoms with Gasteiger partial charge in [0.25, 0.3) is 0 Å². The SMILES string of the molecule is NCCc1ccc(N2CCC(c3ccccc3)C2)c(Br)c1. The van der Waals surface area contributed by atoms with E-state index in [4.69, 9.17) is 5.73 Å². The first-order valence-electron chi connectivity index (χ1n) is 7.56. The molecule has 2 aromatic rings. The van der Waals surface area contributed by atoms with Gasteiger partial charge in [0.05, 0.1) is 5.69 Å². The Balaban J connectivity index is 1.74. The quantitative estimate of drug-likeness (QED) is 0.909. The molecule has 3 rings (SSSR count). The van der Waals surface area contributed by atoms with Gasteiger partial charge in [-0.3, -0.25) is 0 Å². The summed E-state index contributed by atoms with van der Waals surface area (Å²) in [7, 11) is 0. The van der Waals surface area contributed by atoms with Gasteiger partial charge >= 0.3 is 0 Å². The van der Waals surface area contributed by atoms with Crippen LogP contribution in [0.4, 0.5) is 5.69 Å². The zero-order valence-corrected chi connectivity index (χ0v) is 13.7. The van der Waals surface area contributed by atoms with Crippen LogP contribution in [0.1, 0.15) is 23.5 Å². The van der Waals surface area contributed by atoms with Crippen molar-refractivity contribution in [2.75, 3.05) is 24.5 Å². The summed E-state index contributed by atoms with van der Waals surface area (Å²) in [6.07, 6.45) is 2.16.